The number of hydrogen-bond donors (Lipinski definition) is 0. The number of nitrogens with zero attached hydrogens (tertiary/aromatic N) is 2. The molecule has 0 amide bonds. The molecule has 238 valence electrons. The average molecular weight is 651 g/mol. The molecule has 11 rings (SSSR count). The Morgan fingerprint density at radius 2 is 0.882 bits per heavy atom. The molecule has 0 aliphatic rings. The molecule has 0 unspecified atom stereocenters. The molecule has 51 heavy (non-hydrogen) atoms. The number of hydrogen-bond acceptors (Lipinski definition) is 1. The first-order valence-corrected chi connectivity index (χ1v) is 17.4. The number of aromatic nitrogens is 2. The summed E-state index contributed by atoms with van der Waals surface area (Å²) >= 11 is 0. The summed E-state index contributed by atoms with van der Waals surface area (Å²) in [4.78, 5) is 0. The van der Waals surface area contributed by atoms with Crippen LogP contribution < -0.4 is 0 Å². The molecule has 0 saturated carbocycles. The van der Waals surface area contributed by atoms with Crippen LogP contribution in [0.4, 0.5) is 0 Å². The SMILES string of the molecule is c1ccc(-c2ccc(-n3c4ccccc4c4cc(-c5ccc6c7ccccc7n(-c7cccc8oc9ccccc9c78)c6c5)ccc43)cc2)cc1. The molecule has 3 heterocycles. The predicted molar refractivity (Wildman–Crippen MR) is 213 cm³/mol. The zero-order chi connectivity index (χ0) is 33.5. The van der Waals surface area contributed by atoms with Gasteiger partial charge in [-0.15, -0.1) is 0 Å². The van der Waals surface area contributed by atoms with E-state index in [0.717, 1.165) is 33.3 Å². The van der Waals surface area contributed by atoms with Gasteiger partial charge in [0, 0.05) is 32.6 Å². The smallest absolute Gasteiger partial charge is 0.137 e. The summed E-state index contributed by atoms with van der Waals surface area (Å²) in [5.41, 5.74) is 13.6. The van der Waals surface area contributed by atoms with Gasteiger partial charge in [0.25, 0.3) is 0 Å². The Bertz CT molecular complexity index is 3120. The lowest BCUT2D eigenvalue weighted by molar-refractivity contribution is 0.669. The highest BCUT2D eigenvalue weighted by atomic mass is 16.3. The van der Waals surface area contributed by atoms with Gasteiger partial charge >= 0.3 is 0 Å². The lowest BCUT2D eigenvalue weighted by Gasteiger charge is -2.11. The van der Waals surface area contributed by atoms with E-state index in [0.29, 0.717) is 0 Å². The summed E-state index contributed by atoms with van der Waals surface area (Å²) in [5, 5.41) is 7.21. The van der Waals surface area contributed by atoms with Crippen molar-refractivity contribution in [3.8, 4) is 33.6 Å². The molecule has 8 aromatic carbocycles. The molecule has 0 aliphatic carbocycles. The Kier molecular flexibility index (Phi) is 5.96. The van der Waals surface area contributed by atoms with Crippen LogP contribution in [0, 0.1) is 0 Å². The third-order valence-corrected chi connectivity index (χ3v) is 10.5. The van der Waals surface area contributed by atoms with Gasteiger partial charge in [-0.05, 0) is 82.9 Å². The van der Waals surface area contributed by atoms with Crippen molar-refractivity contribution in [2.24, 2.45) is 0 Å². The third-order valence-electron chi connectivity index (χ3n) is 10.5. The van der Waals surface area contributed by atoms with Gasteiger partial charge in [0.05, 0.1) is 33.1 Å². The lowest BCUT2D eigenvalue weighted by Crippen LogP contribution is -1.95. The van der Waals surface area contributed by atoms with Gasteiger partial charge in [0.1, 0.15) is 11.2 Å². The van der Waals surface area contributed by atoms with E-state index in [2.05, 4.69) is 185 Å². The van der Waals surface area contributed by atoms with E-state index in [-0.39, 0.29) is 0 Å². The van der Waals surface area contributed by atoms with Crippen LogP contribution in [0.1, 0.15) is 0 Å². The molecule has 0 N–H and O–H groups in total. The highest BCUT2D eigenvalue weighted by molar-refractivity contribution is 6.15. The van der Waals surface area contributed by atoms with Crippen LogP contribution in [-0.4, -0.2) is 9.13 Å². The summed E-state index contributed by atoms with van der Waals surface area (Å²) in [6.45, 7) is 0. The molecule has 3 heteroatoms. The van der Waals surface area contributed by atoms with Gasteiger partial charge in [-0.2, -0.15) is 0 Å². The molecule has 0 fully saturated rings. The Morgan fingerprint density at radius 3 is 1.71 bits per heavy atom. The minimum atomic E-state index is 0.896. The first kappa shape index (κ1) is 28.0. The van der Waals surface area contributed by atoms with Gasteiger partial charge in [-0.25, -0.2) is 0 Å². The van der Waals surface area contributed by atoms with E-state index in [1.165, 1.54) is 65.9 Å². The molecular weight excluding hydrogens is 621 g/mol. The minimum Gasteiger partial charge on any atom is -0.456 e. The summed E-state index contributed by atoms with van der Waals surface area (Å²) in [5.74, 6) is 0. The molecule has 0 spiro atoms. The van der Waals surface area contributed by atoms with Crippen molar-refractivity contribution in [1.82, 2.24) is 9.13 Å². The van der Waals surface area contributed by atoms with Crippen LogP contribution in [0.3, 0.4) is 0 Å². The number of fused-ring (bicyclic) bond motifs is 9. The second-order valence-corrected chi connectivity index (χ2v) is 13.3. The Labute approximate surface area is 293 Å². The Morgan fingerprint density at radius 1 is 0.314 bits per heavy atom. The van der Waals surface area contributed by atoms with Crippen molar-refractivity contribution in [3.05, 3.63) is 182 Å². The molecule has 0 atom stereocenters. The first-order valence-electron chi connectivity index (χ1n) is 17.4. The molecule has 3 aromatic heterocycles. The van der Waals surface area contributed by atoms with E-state index in [1.807, 2.05) is 6.07 Å². The van der Waals surface area contributed by atoms with Gasteiger partial charge in [-0.3, -0.25) is 0 Å². The van der Waals surface area contributed by atoms with Gasteiger partial charge < -0.3 is 13.6 Å². The van der Waals surface area contributed by atoms with E-state index in [9.17, 15) is 0 Å². The number of benzene rings is 8. The summed E-state index contributed by atoms with van der Waals surface area (Å²) in [6, 6.07) is 65.5. The van der Waals surface area contributed by atoms with Crippen molar-refractivity contribution >= 4 is 65.6 Å². The molecule has 0 saturated heterocycles. The second-order valence-electron chi connectivity index (χ2n) is 13.3. The lowest BCUT2D eigenvalue weighted by atomic mass is 10.0. The molecule has 3 nitrogen and oxygen atoms in total. The molecule has 0 aliphatic heterocycles. The number of para-hydroxylation sites is 3. The predicted octanol–water partition coefficient (Wildman–Crippen LogP) is 13.1. The summed E-state index contributed by atoms with van der Waals surface area (Å²) in [6.07, 6.45) is 0. The van der Waals surface area contributed by atoms with E-state index < -0.39 is 0 Å². The normalized spacial score (nSPS) is 11.9. The Hall–Kier alpha value is -6.84. The minimum absolute atomic E-state index is 0.896. The largest absolute Gasteiger partial charge is 0.456 e. The van der Waals surface area contributed by atoms with Crippen LogP contribution in [0.25, 0.3) is 99.2 Å². The highest BCUT2D eigenvalue weighted by Gasteiger charge is 2.19. The fourth-order valence-electron chi connectivity index (χ4n) is 8.22. The second kappa shape index (κ2) is 10.8. The molecule has 11 aromatic rings. The van der Waals surface area contributed by atoms with Gasteiger partial charge in [0.2, 0.25) is 0 Å². The molecular formula is C48H30N2O. The molecule has 0 radical (unpaired) electrons. The van der Waals surface area contributed by atoms with Crippen molar-refractivity contribution in [2.45, 2.75) is 0 Å². The maximum absolute atomic E-state index is 6.33. The topological polar surface area (TPSA) is 23.0 Å². The van der Waals surface area contributed by atoms with Crippen molar-refractivity contribution in [3.63, 3.8) is 0 Å². The van der Waals surface area contributed by atoms with Crippen molar-refractivity contribution < 1.29 is 4.42 Å². The zero-order valence-corrected chi connectivity index (χ0v) is 27.6. The van der Waals surface area contributed by atoms with Crippen LogP contribution in [0.5, 0.6) is 0 Å². The van der Waals surface area contributed by atoms with E-state index >= 15 is 0 Å². The first-order chi connectivity index (χ1) is 25.3. The van der Waals surface area contributed by atoms with E-state index in [4.69, 9.17) is 4.42 Å². The van der Waals surface area contributed by atoms with Gasteiger partial charge in [-0.1, -0.05) is 121 Å². The fraction of sp³-hybridized carbons (Fsp3) is 0. The van der Waals surface area contributed by atoms with E-state index in [1.54, 1.807) is 0 Å². The number of furan rings is 1. The fourth-order valence-corrected chi connectivity index (χ4v) is 8.22. The summed E-state index contributed by atoms with van der Waals surface area (Å²) in [7, 11) is 0. The quantitative estimate of drug-likeness (QED) is 0.186. The van der Waals surface area contributed by atoms with Crippen molar-refractivity contribution in [1.29, 1.82) is 0 Å². The maximum Gasteiger partial charge on any atom is 0.137 e. The monoisotopic (exact) mass is 650 g/mol. The van der Waals surface area contributed by atoms with Crippen LogP contribution in [-0.2, 0) is 0 Å². The third kappa shape index (κ3) is 4.19. The highest BCUT2D eigenvalue weighted by Crippen LogP contribution is 2.41. The van der Waals surface area contributed by atoms with Crippen LogP contribution in [0.15, 0.2) is 186 Å². The standard InChI is InChI=1S/C48H30N2O/c1-2-11-31(12-3-1)32-21-25-35(26-22-32)49-41-16-7-5-14-37(41)40-29-33(24-28-43(40)49)34-23-27-38-36-13-4-8-17-42(36)50(45(38)30-34)44-18-10-20-47-48(44)39-15-6-9-19-46(39)51-47/h1-30H. The van der Waals surface area contributed by atoms with Crippen molar-refractivity contribution in [2.75, 3.05) is 0 Å². The number of rotatable bonds is 4. The van der Waals surface area contributed by atoms with Crippen LogP contribution >= 0.6 is 0 Å². The van der Waals surface area contributed by atoms with Gasteiger partial charge in [0.15, 0.2) is 0 Å². The zero-order valence-electron chi connectivity index (χ0n) is 27.6. The molecule has 0 bridgehead atoms. The maximum atomic E-state index is 6.33. The summed E-state index contributed by atoms with van der Waals surface area (Å²) < 4.78 is 11.1. The van der Waals surface area contributed by atoms with Crippen LogP contribution in [0.2, 0.25) is 0 Å². The average Bonchev–Trinajstić information content (AvgIpc) is 3.85. The Balaban J connectivity index is 1.11.